The molecule has 1 aliphatic heterocycles. The molecule has 1 heterocycles. The Hall–Kier alpha value is -3.47. The number of ketones is 1. The van der Waals surface area contributed by atoms with Gasteiger partial charge in [-0.05, 0) is 17.2 Å². The summed E-state index contributed by atoms with van der Waals surface area (Å²) in [5, 5.41) is 20.6. The van der Waals surface area contributed by atoms with Crippen molar-refractivity contribution in [3.05, 3.63) is 82.9 Å². The second-order valence-corrected chi connectivity index (χ2v) is 6.73. The van der Waals surface area contributed by atoms with E-state index in [2.05, 4.69) is 0 Å². The number of phenolic OH excluding ortho intramolecular Hbond substituents is 2. The monoisotopic (exact) mass is 376 g/mol. The van der Waals surface area contributed by atoms with Gasteiger partial charge in [0.2, 0.25) is 0 Å². The van der Waals surface area contributed by atoms with Crippen LogP contribution in [-0.4, -0.2) is 23.1 Å². The summed E-state index contributed by atoms with van der Waals surface area (Å²) in [6, 6.07) is 17.9. The highest BCUT2D eigenvalue weighted by atomic mass is 16.5. The number of fused-ring (bicyclic) bond motifs is 1. The number of benzene rings is 3. The first-order valence-corrected chi connectivity index (χ1v) is 9.03. The summed E-state index contributed by atoms with van der Waals surface area (Å²) in [7, 11) is 1.49. The molecule has 1 unspecified atom stereocenters. The molecule has 28 heavy (non-hydrogen) atoms. The zero-order valence-corrected chi connectivity index (χ0v) is 15.4. The second-order valence-electron chi connectivity index (χ2n) is 6.73. The summed E-state index contributed by atoms with van der Waals surface area (Å²) in [5.74, 6) is 0.512. The van der Waals surface area contributed by atoms with Crippen LogP contribution >= 0.6 is 0 Å². The standard InChI is InChI=1S/C23H20O5/c1-27-21-13-19(26)22-18(25)12-20(14-7-3-2-4-8-14)28-23(22)16(21)11-15-9-5-6-10-17(15)24/h2-10,13,20,24,26H,11-12H2,1H3. The number of hydrogen-bond acceptors (Lipinski definition) is 5. The summed E-state index contributed by atoms with van der Waals surface area (Å²) in [6.45, 7) is 0. The Labute approximate surface area is 162 Å². The van der Waals surface area contributed by atoms with Crippen molar-refractivity contribution in [2.45, 2.75) is 18.9 Å². The lowest BCUT2D eigenvalue weighted by molar-refractivity contribution is 0.0842. The molecule has 0 radical (unpaired) electrons. The molecule has 2 N–H and O–H groups in total. The lowest BCUT2D eigenvalue weighted by atomic mass is 9.91. The predicted octanol–water partition coefficient (Wildman–Crippen LogP) is 4.40. The van der Waals surface area contributed by atoms with E-state index in [1.54, 1.807) is 18.2 Å². The van der Waals surface area contributed by atoms with Crippen molar-refractivity contribution in [1.29, 1.82) is 0 Å². The van der Waals surface area contributed by atoms with Crippen molar-refractivity contribution < 1.29 is 24.5 Å². The first-order valence-electron chi connectivity index (χ1n) is 9.03. The van der Waals surface area contributed by atoms with Crippen LogP contribution in [0.5, 0.6) is 23.0 Å². The molecule has 142 valence electrons. The van der Waals surface area contributed by atoms with Crippen molar-refractivity contribution in [2.24, 2.45) is 0 Å². The molecule has 1 atom stereocenters. The van der Waals surface area contributed by atoms with Crippen LogP contribution in [0.4, 0.5) is 0 Å². The third-order valence-electron chi connectivity index (χ3n) is 4.98. The van der Waals surface area contributed by atoms with Gasteiger partial charge in [-0.15, -0.1) is 0 Å². The average Bonchev–Trinajstić information content (AvgIpc) is 2.71. The maximum atomic E-state index is 12.8. The highest BCUT2D eigenvalue weighted by Crippen LogP contribution is 2.46. The van der Waals surface area contributed by atoms with Crippen LogP contribution in [0, 0.1) is 0 Å². The zero-order chi connectivity index (χ0) is 19.7. The normalized spacial score (nSPS) is 15.6. The molecule has 0 aromatic heterocycles. The second kappa shape index (κ2) is 7.27. The van der Waals surface area contributed by atoms with Crippen LogP contribution in [-0.2, 0) is 6.42 Å². The molecule has 3 aromatic carbocycles. The largest absolute Gasteiger partial charge is 0.508 e. The Bertz CT molecular complexity index is 1030. The lowest BCUT2D eigenvalue weighted by Crippen LogP contribution is -2.22. The molecule has 5 heteroatoms. The quantitative estimate of drug-likeness (QED) is 0.706. The van der Waals surface area contributed by atoms with Crippen LogP contribution in [0.15, 0.2) is 60.7 Å². The number of carbonyl (C=O) groups excluding carboxylic acids is 1. The summed E-state index contributed by atoms with van der Waals surface area (Å²) >= 11 is 0. The molecule has 0 saturated heterocycles. The zero-order valence-electron chi connectivity index (χ0n) is 15.4. The Morgan fingerprint density at radius 2 is 1.75 bits per heavy atom. The highest BCUT2D eigenvalue weighted by Gasteiger charge is 2.34. The van der Waals surface area contributed by atoms with Gasteiger partial charge in [-0.3, -0.25) is 4.79 Å². The Morgan fingerprint density at radius 1 is 1.04 bits per heavy atom. The minimum atomic E-state index is -0.448. The molecule has 0 spiro atoms. The van der Waals surface area contributed by atoms with Gasteiger partial charge in [-0.25, -0.2) is 0 Å². The number of Topliss-reactive ketones (excluding diaryl/α,β-unsaturated/α-hetero) is 1. The van der Waals surface area contributed by atoms with Gasteiger partial charge in [-0.2, -0.15) is 0 Å². The molecule has 5 nitrogen and oxygen atoms in total. The van der Waals surface area contributed by atoms with Crippen molar-refractivity contribution in [3.8, 4) is 23.0 Å². The summed E-state index contributed by atoms with van der Waals surface area (Å²) in [4.78, 5) is 12.8. The van der Waals surface area contributed by atoms with Gasteiger partial charge in [0.1, 0.15) is 34.7 Å². The molecule has 0 aliphatic carbocycles. The fourth-order valence-electron chi connectivity index (χ4n) is 3.57. The molecule has 0 bridgehead atoms. The number of para-hydroxylation sites is 1. The van der Waals surface area contributed by atoms with E-state index in [4.69, 9.17) is 9.47 Å². The molecule has 4 rings (SSSR count). The first-order chi connectivity index (χ1) is 13.6. The van der Waals surface area contributed by atoms with Gasteiger partial charge in [-0.1, -0.05) is 48.5 Å². The molecule has 1 aliphatic rings. The third kappa shape index (κ3) is 3.16. The fourth-order valence-corrected chi connectivity index (χ4v) is 3.57. The lowest BCUT2D eigenvalue weighted by Gasteiger charge is -2.29. The van der Waals surface area contributed by atoms with Crippen LogP contribution < -0.4 is 9.47 Å². The highest BCUT2D eigenvalue weighted by molar-refractivity contribution is 6.03. The average molecular weight is 376 g/mol. The van der Waals surface area contributed by atoms with Crippen molar-refractivity contribution in [2.75, 3.05) is 7.11 Å². The van der Waals surface area contributed by atoms with Gasteiger partial charge >= 0.3 is 0 Å². The molecule has 0 saturated carbocycles. The van der Waals surface area contributed by atoms with Crippen molar-refractivity contribution >= 4 is 5.78 Å². The van der Waals surface area contributed by atoms with Crippen LogP contribution in [0.25, 0.3) is 0 Å². The van der Waals surface area contributed by atoms with Gasteiger partial charge in [0, 0.05) is 18.1 Å². The van der Waals surface area contributed by atoms with Crippen LogP contribution in [0.3, 0.4) is 0 Å². The minimum Gasteiger partial charge on any atom is -0.508 e. The maximum Gasteiger partial charge on any atom is 0.174 e. The van der Waals surface area contributed by atoms with Gasteiger partial charge < -0.3 is 19.7 Å². The number of ether oxygens (including phenoxy) is 2. The summed E-state index contributed by atoms with van der Waals surface area (Å²) in [5.41, 5.74) is 2.34. The maximum absolute atomic E-state index is 12.8. The topological polar surface area (TPSA) is 76.0 Å². The van der Waals surface area contributed by atoms with E-state index in [1.165, 1.54) is 13.2 Å². The fraction of sp³-hybridized carbons (Fsp3) is 0.174. The summed E-state index contributed by atoms with van der Waals surface area (Å²) in [6.07, 6.45) is -0.00369. The number of hydrogen-bond donors (Lipinski definition) is 2. The minimum absolute atomic E-state index is 0.146. The van der Waals surface area contributed by atoms with E-state index in [9.17, 15) is 15.0 Å². The Morgan fingerprint density at radius 3 is 2.46 bits per heavy atom. The van der Waals surface area contributed by atoms with Crippen LogP contribution in [0.2, 0.25) is 0 Å². The van der Waals surface area contributed by atoms with Gasteiger partial charge in [0.25, 0.3) is 0 Å². The van der Waals surface area contributed by atoms with E-state index in [0.717, 1.165) is 5.56 Å². The van der Waals surface area contributed by atoms with Gasteiger partial charge in [0.15, 0.2) is 5.78 Å². The van der Waals surface area contributed by atoms with E-state index in [-0.39, 0.29) is 29.3 Å². The van der Waals surface area contributed by atoms with Crippen molar-refractivity contribution in [1.82, 2.24) is 0 Å². The van der Waals surface area contributed by atoms with E-state index in [0.29, 0.717) is 29.0 Å². The van der Waals surface area contributed by atoms with E-state index >= 15 is 0 Å². The van der Waals surface area contributed by atoms with Crippen molar-refractivity contribution in [3.63, 3.8) is 0 Å². The molecular formula is C23H20O5. The smallest absolute Gasteiger partial charge is 0.174 e. The van der Waals surface area contributed by atoms with Crippen LogP contribution in [0.1, 0.15) is 39.6 Å². The molecule has 3 aromatic rings. The summed E-state index contributed by atoms with van der Waals surface area (Å²) < 4.78 is 11.7. The first kappa shape index (κ1) is 17.9. The van der Waals surface area contributed by atoms with E-state index in [1.807, 2.05) is 36.4 Å². The Balaban J connectivity index is 1.84. The number of aromatic hydroxyl groups is 2. The number of phenols is 2. The SMILES string of the molecule is COc1cc(O)c2c(c1Cc1ccccc1O)OC(c1ccccc1)CC2=O. The van der Waals surface area contributed by atoms with Gasteiger partial charge in [0.05, 0.1) is 13.5 Å². The molecule has 0 fully saturated rings. The molecule has 0 amide bonds. The molecular weight excluding hydrogens is 356 g/mol. The third-order valence-corrected chi connectivity index (χ3v) is 4.98. The predicted molar refractivity (Wildman–Crippen MR) is 104 cm³/mol. The number of methoxy groups -OCH3 is 1. The number of carbonyl (C=O) groups is 1. The van der Waals surface area contributed by atoms with E-state index < -0.39 is 6.10 Å². The number of rotatable bonds is 4. The Kier molecular flexibility index (Phi) is 4.65.